The Labute approximate surface area is 124 Å². The van der Waals surface area contributed by atoms with Gasteiger partial charge in [-0.3, -0.25) is 10.1 Å². The molecule has 0 fully saturated rings. The molecule has 98 valence electrons. The zero-order valence-electron chi connectivity index (χ0n) is 10.4. The van der Waals surface area contributed by atoms with Crippen molar-refractivity contribution in [3.05, 3.63) is 75.3 Å². The highest BCUT2D eigenvalue weighted by molar-refractivity contribution is 9.10. The lowest BCUT2D eigenvalue weighted by molar-refractivity contribution is -0.383. The first kappa shape index (κ1) is 12.8. The maximum absolute atomic E-state index is 11.3. The first-order valence-corrected chi connectivity index (χ1v) is 6.88. The van der Waals surface area contributed by atoms with E-state index in [1.54, 1.807) is 12.1 Å². The lowest BCUT2D eigenvalue weighted by atomic mass is 9.97. The summed E-state index contributed by atoms with van der Waals surface area (Å²) in [5, 5.41) is 12.8. The molecule has 0 saturated carbocycles. The third kappa shape index (κ3) is 2.18. The van der Waals surface area contributed by atoms with Gasteiger partial charge in [-0.25, -0.2) is 0 Å². The minimum Gasteiger partial charge on any atom is -0.258 e. The molecule has 0 saturated heterocycles. The van der Waals surface area contributed by atoms with Gasteiger partial charge in [0.15, 0.2) is 0 Å². The Kier molecular flexibility index (Phi) is 3.24. The summed E-state index contributed by atoms with van der Waals surface area (Å²) in [6, 6.07) is 18.7. The zero-order chi connectivity index (χ0) is 14.1. The maximum Gasteiger partial charge on any atom is 0.277 e. The average molecular weight is 328 g/mol. The molecule has 0 amide bonds. The molecule has 3 nitrogen and oxygen atoms in total. The van der Waals surface area contributed by atoms with Crippen molar-refractivity contribution >= 4 is 32.4 Å². The number of halogens is 1. The maximum atomic E-state index is 11.3. The van der Waals surface area contributed by atoms with Crippen molar-refractivity contribution in [1.29, 1.82) is 0 Å². The Balaban J connectivity index is 2.39. The quantitative estimate of drug-likeness (QED) is 0.481. The first-order valence-electron chi connectivity index (χ1n) is 6.09. The zero-order valence-corrected chi connectivity index (χ0v) is 12.0. The fraction of sp³-hybridized carbons (Fsp3) is 0. The molecule has 0 unspecified atom stereocenters. The molecule has 0 aromatic heterocycles. The van der Waals surface area contributed by atoms with Gasteiger partial charge < -0.3 is 0 Å². The summed E-state index contributed by atoms with van der Waals surface area (Å²) >= 11 is 3.44. The smallest absolute Gasteiger partial charge is 0.258 e. The number of benzene rings is 3. The second-order valence-corrected chi connectivity index (χ2v) is 5.36. The highest BCUT2D eigenvalue weighted by Crippen LogP contribution is 2.35. The summed E-state index contributed by atoms with van der Waals surface area (Å²) in [4.78, 5) is 10.9. The van der Waals surface area contributed by atoms with Crippen molar-refractivity contribution in [1.82, 2.24) is 0 Å². The molecule has 0 radical (unpaired) electrons. The third-order valence-electron chi connectivity index (χ3n) is 3.22. The van der Waals surface area contributed by atoms with Gasteiger partial charge >= 0.3 is 0 Å². The van der Waals surface area contributed by atoms with E-state index >= 15 is 0 Å². The van der Waals surface area contributed by atoms with Gasteiger partial charge in [-0.2, -0.15) is 0 Å². The summed E-state index contributed by atoms with van der Waals surface area (Å²) in [5.74, 6) is 0. The molecule has 0 atom stereocenters. The second-order valence-electron chi connectivity index (χ2n) is 4.45. The molecular formula is C16H10BrNO2. The molecule has 0 aliphatic heterocycles. The van der Waals surface area contributed by atoms with Crippen molar-refractivity contribution < 1.29 is 4.92 Å². The number of fused-ring (bicyclic) bond motifs is 1. The Morgan fingerprint density at radius 2 is 1.65 bits per heavy atom. The minimum absolute atomic E-state index is 0.137. The number of non-ortho nitro benzene ring substituents is 1. The molecule has 0 bridgehead atoms. The SMILES string of the molecule is O=[N+]([O-])c1cccc2cccc(-c3cccc(Br)c3)c12. The van der Waals surface area contributed by atoms with Crippen LogP contribution in [0.25, 0.3) is 21.9 Å². The summed E-state index contributed by atoms with van der Waals surface area (Å²) < 4.78 is 0.950. The van der Waals surface area contributed by atoms with E-state index in [2.05, 4.69) is 15.9 Å². The van der Waals surface area contributed by atoms with E-state index in [0.717, 1.165) is 21.0 Å². The van der Waals surface area contributed by atoms with E-state index in [9.17, 15) is 10.1 Å². The van der Waals surface area contributed by atoms with Crippen LogP contribution >= 0.6 is 15.9 Å². The topological polar surface area (TPSA) is 43.1 Å². The highest BCUT2D eigenvalue weighted by atomic mass is 79.9. The van der Waals surface area contributed by atoms with Crippen LogP contribution in [-0.4, -0.2) is 4.92 Å². The van der Waals surface area contributed by atoms with E-state index in [0.29, 0.717) is 5.39 Å². The Morgan fingerprint density at radius 1 is 0.950 bits per heavy atom. The third-order valence-corrected chi connectivity index (χ3v) is 3.71. The van der Waals surface area contributed by atoms with E-state index < -0.39 is 0 Å². The van der Waals surface area contributed by atoms with Crippen molar-refractivity contribution in [2.45, 2.75) is 0 Å². The van der Waals surface area contributed by atoms with Gasteiger partial charge in [0.2, 0.25) is 0 Å². The van der Waals surface area contributed by atoms with Gasteiger partial charge in [-0.05, 0) is 28.6 Å². The van der Waals surface area contributed by atoms with Crippen LogP contribution in [0, 0.1) is 10.1 Å². The fourth-order valence-electron chi connectivity index (χ4n) is 2.37. The number of rotatable bonds is 2. The van der Waals surface area contributed by atoms with Crippen molar-refractivity contribution in [2.24, 2.45) is 0 Å². The fourth-order valence-corrected chi connectivity index (χ4v) is 2.77. The Bertz CT molecular complexity index is 809. The van der Waals surface area contributed by atoms with Crippen LogP contribution in [0.4, 0.5) is 5.69 Å². The lowest BCUT2D eigenvalue weighted by Gasteiger charge is -2.08. The Morgan fingerprint density at radius 3 is 2.35 bits per heavy atom. The minimum atomic E-state index is -0.330. The highest BCUT2D eigenvalue weighted by Gasteiger charge is 2.15. The van der Waals surface area contributed by atoms with E-state index in [1.165, 1.54) is 0 Å². The van der Waals surface area contributed by atoms with E-state index in [-0.39, 0.29) is 10.6 Å². The number of nitro benzene ring substituents is 1. The number of hydrogen-bond donors (Lipinski definition) is 0. The molecule has 3 aromatic rings. The van der Waals surface area contributed by atoms with Crippen LogP contribution in [0.1, 0.15) is 0 Å². The average Bonchev–Trinajstić information content (AvgIpc) is 2.46. The van der Waals surface area contributed by atoms with Crippen LogP contribution < -0.4 is 0 Å². The molecule has 20 heavy (non-hydrogen) atoms. The normalized spacial score (nSPS) is 10.7. The van der Waals surface area contributed by atoms with Crippen LogP contribution in [0.15, 0.2) is 65.1 Å². The summed E-state index contributed by atoms with van der Waals surface area (Å²) in [6.07, 6.45) is 0. The van der Waals surface area contributed by atoms with Gasteiger partial charge in [0.05, 0.1) is 10.3 Å². The van der Waals surface area contributed by atoms with E-state index in [4.69, 9.17) is 0 Å². The van der Waals surface area contributed by atoms with Crippen molar-refractivity contribution in [2.75, 3.05) is 0 Å². The largest absolute Gasteiger partial charge is 0.277 e. The van der Waals surface area contributed by atoms with Crippen LogP contribution in [0.5, 0.6) is 0 Å². The summed E-state index contributed by atoms with van der Waals surface area (Å²) in [5.41, 5.74) is 1.97. The molecule has 0 aliphatic carbocycles. The predicted octanol–water partition coefficient (Wildman–Crippen LogP) is 5.18. The predicted molar refractivity (Wildman–Crippen MR) is 83.7 cm³/mol. The lowest BCUT2D eigenvalue weighted by Crippen LogP contribution is -1.91. The summed E-state index contributed by atoms with van der Waals surface area (Å²) in [7, 11) is 0. The number of nitrogens with zero attached hydrogens (tertiary/aromatic N) is 1. The standard InChI is InChI=1S/C16H10BrNO2/c17-13-7-1-6-12(10-13)14-8-2-4-11-5-3-9-15(16(11)14)18(19)20/h1-10H. The molecule has 0 N–H and O–H groups in total. The summed E-state index contributed by atoms with van der Waals surface area (Å²) in [6.45, 7) is 0. The molecular weight excluding hydrogens is 318 g/mol. The van der Waals surface area contributed by atoms with Gasteiger partial charge in [0.25, 0.3) is 5.69 Å². The second kappa shape index (κ2) is 5.06. The van der Waals surface area contributed by atoms with Crippen LogP contribution in [0.2, 0.25) is 0 Å². The number of nitro groups is 1. The van der Waals surface area contributed by atoms with Crippen LogP contribution in [0.3, 0.4) is 0 Å². The first-order chi connectivity index (χ1) is 9.66. The molecule has 4 heteroatoms. The van der Waals surface area contributed by atoms with Crippen molar-refractivity contribution in [3.63, 3.8) is 0 Å². The number of hydrogen-bond acceptors (Lipinski definition) is 2. The van der Waals surface area contributed by atoms with Crippen LogP contribution in [-0.2, 0) is 0 Å². The van der Waals surface area contributed by atoms with Gasteiger partial charge in [0.1, 0.15) is 0 Å². The van der Waals surface area contributed by atoms with Gasteiger partial charge in [-0.15, -0.1) is 0 Å². The molecule has 3 rings (SSSR count). The Hall–Kier alpha value is -2.20. The monoisotopic (exact) mass is 327 g/mol. The van der Waals surface area contributed by atoms with Gasteiger partial charge in [-0.1, -0.05) is 58.4 Å². The molecule has 0 heterocycles. The van der Waals surface area contributed by atoms with Gasteiger partial charge in [0, 0.05) is 10.5 Å². The van der Waals surface area contributed by atoms with E-state index in [1.807, 2.05) is 48.5 Å². The molecule has 0 spiro atoms. The van der Waals surface area contributed by atoms with Crippen molar-refractivity contribution in [3.8, 4) is 11.1 Å². The molecule has 3 aromatic carbocycles. The molecule has 0 aliphatic rings.